The number of likely N-dealkylation sites (tertiary alicyclic amines) is 1. The van der Waals surface area contributed by atoms with Crippen molar-refractivity contribution >= 4 is 17.5 Å². The molecule has 0 bridgehead atoms. The summed E-state index contributed by atoms with van der Waals surface area (Å²) in [5.41, 5.74) is 0.329. The molecule has 1 saturated heterocycles. The number of hydrogen-bond acceptors (Lipinski definition) is 2. The van der Waals surface area contributed by atoms with Gasteiger partial charge in [-0.2, -0.15) is 0 Å². The molecule has 2 fully saturated rings. The van der Waals surface area contributed by atoms with E-state index in [0.29, 0.717) is 22.7 Å². The number of rotatable bonds is 5. The Hall–Kier alpha value is -1.13. The second kappa shape index (κ2) is 7.18. The highest BCUT2D eigenvalue weighted by Gasteiger charge is 2.38. The van der Waals surface area contributed by atoms with Gasteiger partial charge in [-0.25, -0.2) is 4.39 Å². The quantitative estimate of drug-likeness (QED) is 0.820. The van der Waals surface area contributed by atoms with Gasteiger partial charge >= 0.3 is 0 Å². The minimum atomic E-state index is -0.387. The van der Waals surface area contributed by atoms with Gasteiger partial charge in [0.1, 0.15) is 5.82 Å². The van der Waals surface area contributed by atoms with Crippen molar-refractivity contribution in [3.8, 4) is 0 Å². The molecule has 1 saturated carbocycles. The molecule has 1 aromatic carbocycles. The molecule has 5 heteroatoms. The van der Waals surface area contributed by atoms with E-state index in [9.17, 15) is 9.18 Å². The second-order valence-electron chi connectivity index (χ2n) is 6.57. The average Bonchev–Trinajstić information content (AvgIpc) is 3.37. The molecule has 0 radical (unpaired) electrons. The average molecular weight is 339 g/mol. The first-order chi connectivity index (χ1) is 11.1. The van der Waals surface area contributed by atoms with Crippen LogP contribution in [0.15, 0.2) is 18.2 Å². The molecule has 1 aromatic rings. The van der Waals surface area contributed by atoms with Crippen molar-refractivity contribution in [2.45, 2.75) is 51.1 Å². The molecule has 0 aromatic heterocycles. The van der Waals surface area contributed by atoms with E-state index in [4.69, 9.17) is 11.6 Å². The third-order valence-electron chi connectivity index (χ3n) is 5.02. The van der Waals surface area contributed by atoms with Crippen molar-refractivity contribution < 1.29 is 9.18 Å². The van der Waals surface area contributed by atoms with Crippen LogP contribution in [-0.4, -0.2) is 47.4 Å². The maximum Gasteiger partial charge on any atom is 0.227 e. The lowest BCUT2D eigenvalue weighted by Gasteiger charge is -2.38. The molecule has 3 nitrogen and oxygen atoms in total. The zero-order chi connectivity index (χ0) is 16.4. The SMILES string of the molecule is CCN1CCC(N(C(=O)Cc2c(F)cccc2Cl)C2CC2)CC1. The van der Waals surface area contributed by atoms with Crippen LogP contribution in [0.3, 0.4) is 0 Å². The summed E-state index contributed by atoms with van der Waals surface area (Å²) in [7, 11) is 0. The number of hydrogen-bond donors (Lipinski definition) is 0. The van der Waals surface area contributed by atoms with Crippen LogP contribution in [-0.2, 0) is 11.2 Å². The first-order valence-corrected chi connectivity index (χ1v) is 8.94. The van der Waals surface area contributed by atoms with Crippen LogP contribution in [0.1, 0.15) is 38.2 Å². The van der Waals surface area contributed by atoms with Crippen molar-refractivity contribution in [2.75, 3.05) is 19.6 Å². The van der Waals surface area contributed by atoms with E-state index in [0.717, 1.165) is 45.3 Å². The molecule has 3 rings (SSSR count). The van der Waals surface area contributed by atoms with Crippen molar-refractivity contribution in [3.63, 3.8) is 0 Å². The maximum absolute atomic E-state index is 14.0. The molecule has 0 atom stereocenters. The van der Waals surface area contributed by atoms with Crippen LogP contribution in [0.2, 0.25) is 5.02 Å². The largest absolute Gasteiger partial charge is 0.336 e. The van der Waals surface area contributed by atoms with Gasteiger partial charge in [-0.1, -0.05) is 24.6 Å². The number of piperidine rings is 1. The second-order valence-corrected chi connectivity index (χ2v) is 6.98. The van der Waals surface area contributed by atoms with Gasteiger partial charge in [0.25, 0.3) is 0 Å². The van der Waals surface area contributed by atoms with Crippen LogP contribution < -0.4 is 0 Å². The number of carbonyl (C=O) groups is 1. The van der Waals surface area contributed by atoms with Gasteiger partial charge < -0.3 is 9.80 Å². The molecule has 126 valence electrons. The highest BCUT2D eigenvalue weighted by Crippen LogP contribution is 2.33. The summed E-state index contributed by atoms with van der Waals surface area (Å²) in [5, 5.41) is 0.342. The van der Waals surface area contributed by atoms with Gasteiger partial charge in [-0.3, -0.25) is 4.79 Å². The molecule has 1 aliphatic heterocycles. The minimum Gasteiger partial charge on any atom is -0.336 e. The third kappa shape index (κ3) is 3.86. The van der Waals surface area contributed by atoms with Gasteiger partial charge in [0.15, 0.2) is 0 Å². The van der Waals surface area contributed by atoms with E-state index in [2.05, 4.69) is 11.8 Å². The first-order valence-electron chi connectivity index (χ1n) is 8.56. The minimum absolute atomic E-state index is 0.0226. The van der Waals surface area contributed by atoms with Gasteiger partial charge in [0.05, 0.1) is 6.42 Å². The van der Waals surface area contributed by atoms with Crippen LogP contribution in [0.25, 0.3) is 0 Å². The fraction of sp³-hybridized carbons (Fsp3) is 0.611. The Labute approximate surface area is 142 Å². The predicted octanol–water partition coefficient (Wildman–Crippen LogP) is 3.50. The predicted molar refractivity (Wildman–Crippen MR) is 90.1 cm³/mol. The lowest BCUT2D eigenvalue weighted by atomic mass is 10.0. The lowest BCUT2D eigenvalue weighted by Crippen LogP contribution is -2.48. The van der Waals surface area contributed by atoms with Crippen molar-refractivity contribution in [3.05, 3.63) is 34.6 Å². The van der Waals surface area contributed by atoms with E-state index >= 15 is 0 Å². The van der Waals surface area contributed by atoms with Gasteiger partial charge in [-0.05, 0) is 44.4 Å². The summed E-state index contributed by atoms with van der Waals surface area (Å²) in [4.78, 5) is 17.3. The summed E-state index contributed by atoms with van der Waals surface area (Å²) >= 11 is 6.08. The number of carbonyl (C=O) groups excluding carboxylic acids is 1. The topological polar surface area (TPSA) is 23.6 Å². The molecular formula is C18H24ClFN2O. The standard InChI is InChI=1S/C18H24ClFN2O/c1-2-21-10-8-14(9-11-21)22(13-6-7-13)18(23)12-15-16(19)4-3-5-17(15)20/h3-5,13-14H,2,6-12H2,1H3. The van der Waals surface area contributed by atoms with E-state index in [1.165, 1.54) is 6.07 Å². The number of benzene rings is 1. The zero-order valence-corrected chi connectivity index (χ0v) is 14.4. The Kier molecular flexibility index (Phi) is 5.22. The van der Waals surface area contributed by atoms with Gasteiger partial charge in [0.2, 0.25) is 5.91 Å². The summed E-state index contributed by atoms with van der Waals surface area (Å²) in [6, 6.07) is 5.24. The van der Waals surface area contributed by atoms with E-state index in [-0.39, 0.29) is 18.1 Å². The molecule has 23 heavy (non-hydrogen) atoms. The highest BCUT2D eigenvalue weighted by atomic mass is 35.5. The van der Waals surface area contributed by atoms with Crippen LogP contribution in [0, 0.1) is 5.82 Å². The normalized spacial score (nSPS) is 19.8. The number of amides is 1. The van der Waals surface area contributed by atoms with Crippen LogP contribution >= 0.6 is 11.6 Å². The molecule has 2 aliphatic rings. The smallest absolute Gasteiger partial charge is 0.227 e. The van der Waals surface area contributed by atoms with Crippen molar-refractivity contribution in [2.24, 2.45) is 0 Å². The molecule has 1 heterocycles. The zero-order valence-electron chi connectivity index (χ0n) is 13.6. The molecule has 0 unspecified atom stereocenters. The van der Waals surface area contributed by atoms with Crippen molar-refractivity contribution in [1.29, 1.82) is 0 Å². The van der Waals surface area contributed by atoms with Crippen molar-refractivity contribution in [1.82, 2.24) is 9.80 Å². The van der Waals surface area contributed by atoms with Crippen LogP contribution in [0.4, 0.5) is 4.39 Å². The van der Waals surface area contributed by atoms with E-state index in [1.54, 1.807) is 12.1 Å². The Bertz CT molecular complexity index is 548. The Morgan fingerprint density at radius 3 is 2.48 bits per heavy atom. The van der Waals surface area contributed by atoms with E-state index < -0.39 is 0 Å². The summed E-state index contributed by atoms with van der Waals surface area (Å²) in [6.07, 6.45) is 4.24. The maximum atomic E-state index is 14.0. The summed E-state index contributed by atoms with van der Waals surface area (Å²) in [5.74, 6) is -0.364. The molecular weight excluding hydrogens is 315 g/mol. The molecule has 0 N–H and O–H groups in total. The van der Waals surface area contributed by atoms with E-state index in [1.807, 2.05) is 4.90 Å². The Morgan fingerprint density at radius 1 is 1.26 bits per heavy atom. The molecule has 1 amide bonds. The summed E-state index contributed by atoms with van der Waals surface area (Å²) in [6.45, 7) is 5.31. The fourth-order valence-electron chi connectivity index (χ4n) is 3.52. The Morgan fingerprint density at radius 2 is 1.91 bits per heavy atom. The van der Waals surface area contributed by atoms with Gasteiger partial charge in [-0.15, -0.1) is 0 Å². The van der Waals surface area contributed by atoms with Crippen LogP contribution in [0.5, 0.6) is 0 Å². The highest BCUT2D eigenvalue weighted by molar-refractivity contribution is 6.31. The molecule has 0 spiro atoms. The molecule has 1 aliphatic carbocycles. The lowest BCUT2D eigenvalue weighted by molar-refractivity contribution is -0.134. The number of halogens is 2. The first kappa shape index (κ1) is 16.7. The fourth-order valence-corrected chi connectivity index (χ4v) is 3.75. The monoisotopic (exact) mass is 338 g/mol. The Balaban J connectivity index is 1.70. The van der Waals surface area contributed by atoms with Gasteiger partial charge in [0, 0.05) is 35.8 Å². The summed E-state index contributed by atoms with van der Waals surface area (Å²) < 4.78 is 14.0. The third-order valence-corrected chi connectivity index (χ3v) is 5.37. The number of nitrogens with zero attached hydrogens (tertiary/aromatic N) is 2.